The van der Waals surface area contributed by atoms with Crippen molar-refractivity contribution < 1.29 is 9.53 Å². The van der Waals surface area contributed by atoms with Crippen LogP contribution in [-0.4, -0.2) is 54.8 Å². The summed E-state index contributed by atoms with van der Waals surface area (Å²) in [5.74, 6) is 0.299. The van der Waals surface area contributed by atoms with Crippen LogP contribution in [0.1, 0.15) is 35.2 Å². The Bertz CT molecular complexity index is 633. The molecule has 1 N–H and O–H groups in total. The summed E-state index contributed by atoms with van der Waals surface area (Å²) >= 11 is 0. The quantitative estimate of drug-likeness (QED) is 0.875. The van der Waals surface area contributed by atoms with Crippen LogP contribution in [0, 0.1) is 12.8 Å². The topological polar surface area (TPSA) is 63.6 Å². The summed E-state index contributed by atoms with van der Waals surface area (Å²) in [6.45, 7) is 6.94. The van der Waals surface area contributed by atoms with Gasteiger partial charge in [-0.2, -0.15) is 0 Å². The van der Waals surface area contributed by atoms with E-state index in [9.17, 15) is 9.59 Å². The smallest absolute Gasteiger partial charge is 0.263 e. The summed E-state index contributed by atoms with van der Waals surface area (Å²) in [4.78, 5) is 27.5. The molecule has 1 aromatic rings. The molecule has 0 aromatic carbocycles. The maximum absolute atomic E-state index is 12.9. The van der Waals surface area contributed by atoms with Crippen molar-refractivity contribution >= 4 is 18.3 Å². The van der Waals surface area contributed by atoms with E-state index in [0.29, 0.717) is 44.3 Å². The molecule has 6 nitrogen and oxygen atoms in total. The zero-order valence-corrected chi connectivity index (χ0v) is 15.6. The molecule has 3 rings (SSSR count). The van der Waals surface area contributed by atoms with Crippen LogP contribution in [0.2, 0.25) is 0 Å². The molecule has 1 atom stereocenters. The zero-order valence-electron chi connectivity index (χ0n) is 14.8. The number of nitrogens with one attached hydrogen (secondary N) is 1. The Balaban J connectivity index is 0.00000225. The molecule has 2 aliphatic rings. The molecule has 7 heteroatoms. The maximum atomic E-state index is 12.9. The molecule has 0 bridgehead atoms. The Morgan fingerprint density at radius 2 is 2.16 bits per heavy atom. The summed E-state index contributed by atoms with van der Waals surface area (Å²) in [6, 6.07) is 1.89. The van der Waals surface area contributed by atoms with E-state index in [-0.39, 0.29) is 23.9 Å². The number of carbonyl (C=O) groups is 1. The van der Waals surface area contributed by atoms with Gasteiger partial charge in [-0.15, -0.1) is 12.4 Å². The minimum atomic E-state index is -0.157. The van der Waals surface area contributed by atoms with Crippen molar-refractivity contribution in [2.75, 3.05) is 39.4 Å². The van der Waals surface area contributed by atoms with Crippen molar-refractivity contribution in [1.82, 2.24) is 14.8 Å². The number of aromatic nitrogens is 1. The summed E-state index contributed by atoms with van der Waals surface area (Å²) in [6.07, 6.45) is 4.92. The molecule has 1 amide bonds. The van der Waals surface area contributed by atoms with Crippen LogP contribution in [0.5, 0.6) is 0 Å². The van der Waals surface area contributed by atoms with Crippen molar-refractivity contribution in [3.05, 3.63) is 33.7 Å². The SMILES string of the molecule is Cc1ccn(CC2CCCNC2)c(=O)c1C(=O)N1CCCOCC1.Cl. The van der Waals surface area contributed by atoms with E-state index in [2.05, 4.69) is 5.32 Å². The van der Waals surface area contributed by atoms with Gasteiger partial charge in [0.15, 0.2) is 0 Å². The number of piperidine rings is 1. The number of nitrogens with zero attached hydrogens (tertiary/aromatic N) is 2. The molecule has 1 unspecified atom stereocenters. The number of rotatable bonds is 3. The van der Waals surface area contributed by atoms with Crippen molar-refractivity contribution in [2.24, 2.45) is 5.92 Å². The summed E-state index contributed by atoms with van der Waals surface area (Å²) < 4.78 is 7.13. The molecular formula is C18H28ClN3O3. The predicted octanol–water partition coefficient (Wildman–Crippen LogP) is 1.44. The number of amides is 1. The van der Waals surface area contributed by atoms with Gasteiger partial charge >= 0.3 is 0 Å². The van der Waals surface area contributed by atoms with Crippen LogP contribution in [0.4, 0.5) is 0 Å². The summed E-state index contributed by atoms with van der Waals surface area (Å²) in [5, 5.41) is 3.38. The third-order valence-corrected chi connectivity index (χ3v) is 4.95. The highest BCUT2D eigenvalue weighted by Crippen LogP contribution is 2.13. The third-order valence-electron chi connectivity index (χ3n) is 4.95. The predicted molar refractivity (Wildman–Crippen MR) is 99.6 cm³/mol. The van der Waals surface area contributed by atoms with Gasteiger partial charge in [-0.05, 0) is 56.8 Å². The lowest BCUT2D eigenvalue weighted by molar-refractivity contribution is 0.0738. The molecule has 3 heterocycles. The molecule has 1 aromatic heterocycles. The minimum Gasteiger partial charge on any atom is -0.380 e. The highest BCUT2D eigenvalue weighted by Gasteiger charge is 2.24. The van der Waals surface area contributed by atoms with E-state index in [0.717, 1.165) is 37.9 Å². The summed E-state index contributed by atoms with van der Waals surface area (Å²) in [7, 11) is 0. The Morgan fingerprint density at radius 1 is 1.32 bits per heavy atom. The van der Waals surface area contributed by atoms with Crippen molar-refractivity contribution in [3.8, 4) is 0 Å². The highest BCUT2D eigenvalue weighted by atomic mass is 35.5. The van der Waals surface area contributed by atoms with Gasteiger partial charge in [-0.1, -0.05) is 0 Å². The van der Waals surface area contributed by atoms with Crippen LogP contribution >= 0.6 is 12.4 Å². The average Bonchev–Trinajstić information content (AvgIpc) is 2.88. The van der Waals surface area contributed by atoms with Crippen molar-refractivity contribution in [1.29, 1.82) is 0 Å². The van der Waals surface area contributed by atoms with E-state index < -0.39 is 0 Å². The zero-order chi connectivity index (χ0) is 16.9. The van der Waals surface area contributed by atoms with Gasteiger partial charge in [0.05, 0.1) is 6.61 Å². The van der Waals surface area contributed by atoms with Crippen molar-refractivity contribution in [3.63, 3.8) is 0 Å². The van der Waals surface area contributed by atoms with Gasteiger partial charge in [0, 0.05) is 32.4 Å². The lowest BCUT2D eigenvalue weighted by Gasteiger charge is -2.24. The van der Waals surface area contributed by atoms with Gasteiger partial charge in [0.1, 0.15) is 5.56 Å². The van der Waals surface area contributed by atoms with Crippen molar-refractivity contribution in [2.45, 2.75) is 32.7 Å². The first kappa shape index (κ1) is 19.9. The van der Waals surface area contributed by atoms with Crippen LogP contribution in [0.25, 0.3) is 0 Å². The molecule has 0 aliphatic carbocycles. The number of carbonyl (C=O) groups excluding carboxylic acids is 1. The van der Waals surface area contributed by atoms with Crippen LogP contribution in [0.3, 0.4) is 0 Å². The second kappa shape index (κ2) is 9.36. The van der Waals surface area contributed by atoms with Gasteiger partial charge in [0.25, 0.3) is 11.5 Å². The first-order chi connectivity index (χ1) is 11.7. The molecule has 0 spiro atoms. The van der Waals surface area contributed by atoms with E-state index in [1.807, 2.05) is 19.2 Å². The Labute approximate surface area is 154 Å². The molecule has 25 heavy (non-hydrogen) atoms. The summed E-state index contributed by atoms with van der Waals surface area (Å²) in [5.41, 5.74) is 0.923. The Morgan fingerprint density at radius 3 is 2.92 bits per heavy atom. The molecule has 2 saturated heterocycles. The largest absolute Gasteiger partial charge is 0.380 e. The molecular weight excluding hydrogens is 342 g/mol. The van der Waals surface area contributed by atoms with Crippen LogP contribution < -0.4 is 10.9 Å². The normalized spacial score (nSPS) is 21.3. The van der Waals surface area contributed by atoms with E-state index >= 15 is 0 Å². The van der Waals surface area contributed by atoms with E-state index in [1.54, 1.807) is 9.47 Å². The number of pyridine rings is 1. The Hall–Kier alpha value is -1.37. The fourth-order valence-electron chi connectivity index (χ4n) is 3.53. The van der Waals surface area contributed by atoms with Crippen LogP contribution in [0.15, 0.2) is 17.1 Å². The Kier molecular flexibility index (Phi) is 7.47. The molecule has 2 aliphatic heterocycles. The first-order valence-corrected chi connectivity index (χ1v) is 8.94. The molecule has 0 radical (unpaired) electrons. The number of hydrogen-bond donors (Lipinski definition) is 1. The molecule has 140 valence electrons. The van der Waals surface area contributed by atoms with Gasteiger partial charge < -0.3 is 19.5 Å². The standard InChI is InChI=1S/C18H27N3O3.ClH/c1-14-5-8-21(13-15-4-2-6-19-12-15)18(23)16(14)17(22)20-7-3-10-24-11-9-20;/h5,8,15,19H,2-4,6-7,9-13H2,1H3;1H. The van der Waals surface area contributed by atoms with Crippen LogP contribution in [-0.2, 0) is 11.3 Å². The van der Waals surface area contributed by atoms with E-state index in [4.69, 9.17) is 4.74 Å². The van der Waals surface area contributed by atoms with Gasteiger partial charge in [-0.25, -0.2) is 0 Å². The third kappa shape index (κ3) is 4.84. The molecule has 2 fully saturated rings. The number of aryl methyl sites for hydroxylation is 1. The maximum Gasteiger partial charge on any atom is 0.263 e. The lowest BCUT2D eigenvalue weighted by atomic mass is 9.99. The number of hydrogen-bond acceptors (Lipinski definition) is 4. The number of ether oxygens (including phenoxy) is 1. The van der Waals surface area contributed by atoms with E-state index in [1.165, 1.54) is 0 Å². The minimum absolute atomic E-state index is 0. The highest BCUT2D eigenvalue weighted by molar-refractivity contribution is 5.95. The molecule has 0 saturated carbocycles. The average molecular weight is 370 g/mol. The lowest BCUT2D eigenvalue weighted by Crippen LogP contribution is -2.40. The fourth-order valence-corrected chi connectivity index (χ4v) is 3.53. The monoisotopic (exact) mass is 369 g/mol. The first-order valence-electron chi connectivity index (χ1n) is 8.94. The van der Waals surface area contributed by atoms with Gasteiger partial charge in [0.2, 0.25) is 0 Å². The number of halogens is 1. The fraction of sp³-hybridized carbons (Fsp3) is 0.667. The second-order valence-corrected chi connectivity index (χ2v) is 6.80. The second-order valence-electron chi connectivity index (χ2n) is 6.80. The van der Waals surface area contributed by atoms with Gasteiger partial charge in [-0.3, -0.25) is 9.59 Å².